The van der Waals surface area contributed by atoms with Crippen molar-refractivity contribution in [2.24, 2.45) is 0 Å². The van der Waals surface area contributed by atoms with E-state index < -0.39 is 21.5 Å². The number of sulfonamides is 1. The first kappa shape index (κ1) is 33.5. The van der Waals surface area contributed by atoms with E-state index in [9.17, 15) is 13.7 Å². The number of hydrogen-bond acceptors (Lipinski definition) is 11. The molecule has 3 aliphatic heterocycles. The summed E-state index contributed by atoms with van der Waals surface area (Å²) in [5.74, 6) is 0.625. The van der Waals surface area contributed by atoms with Gasteiger partial charge in [-0.15, -0.1) is 0 Å². The fourth-order valence-electron chi connectivity index (χ4n) is 7.30. The molecule has 48 heavy (non-hydrogen) atoms. The molecule has 2 saturated heterocycles. The van der Waals surface area contributed by atoms with Crippen molar-refractivity contribution in [2.75, 3.05) is 71.5 Å². The highest BCUT2D eigenvalue weighted by Crippen LogP contribution is 2.54. The minimum Gasteiger partial charge on any atom is -0.497 e. The number of anilines is 1. The molecule has 254 valence electrons. The minimum atomic E-state index is -4.57. The molecular weight excluding hydrogens is 634 g/mol. The number of nitrogens with one attached hydrogen (secondary N) is 1. The summed E-state index contributed by atoms with van der Waals surface area (Å²) in [5, 5.41) is 13.5. The van der Waals surface area contributed by atoms with Crippen molar-refractivity contribution in [2.45, 2.75) is 36.2 Å². The van der Waals surface area contributed by atoms with Gasteiger partial charge in [0.2, 0.25) is 0 Å². The van der Waals surface area contributed by atoms with Gasteiger partial charge in [-0.2, -0.15) is 5.26 Å². The van der Waals surface area contributed by atoms with Crippen LogP contribution in [-0.4, -0.2) is 97.4 Å². The lowest BCUT2D eigenvalue weighted by Gasteiger charge is -2.47. The Bertz CT molecular complexity index is 1830. The van der Waals surface area contributed by atoms with Gasteiger partial charge in [-0.25, -0.2) is 12.7 Å². The van der Waals surface area contributed by atoms with Crippen LogP contribution in [-0.2, 0) is 20.4 Å². The zero-order chi connectivity index (χ0) is 34.1. The second kappa shape index (κ2) is 13.6. The summed E-state index contributed by atoms with van der Waals surface area (Å²) in [5.41, 5.74) is -0.398. The van der Waals surface area contributed by atoms with Crippen molar-refractivity contribution in [3.05, 3.63) is 71.3 Å². The van der Waals surface area contributed by atoms with Gasteiger partial charge in [0.05, 0.1) is 45.3 Å². The smallest absolute Gasteiger partial charge is 0.274 e. The van der Waals surface area contributed by atoms with E-state index in [1.165, 1.54) is 51.7 Å². The van der Waals surface area contributed by atoms with E-state index in [0.29, 0.717) is 72.8 Å². The van der Waals surface area contributed by atoms with E-state index in [-0.39, 0.29) is 16.3 Å². The monoisotopic (exact) mass is 675 g/mol. The van der Waals surface area contributed by atoms with Crippen LogP contribution in [0.1, 0.15) is 36.5 Å². The number of nitriles is 1. The number of hydrogen-bond donors (Lipinski definition) is 1. The summed E-state index contributed by atoms with van der Waals surface area (Å²) in [6, 6.07) is 16.9. The number of methoxy groups -OCH3 is 3. The molecule has 0 aromatic heterocycles. The van der Waals surface area contributed by atoms with Gasteiger partial charge in [-0.1, -0.05) is 0 Å². The van der Waals surface area contributed by atoms with Crippen LogP contribution >= 0.6 is 0 Å². The van der Waals surface area contributed by atoms with Crippen LogP contribution in [0.25, 0.3) is 0 Å². The lowest BCUT2D eigenvalue weighted by Crippen LogP contribution is -2.61. The summed E-state index contributed by atoms with van der Waals surface area (Å²) in [6.07, 6.45) is 2.08. The molecule has 3 heterocycles. The number of piperazine rings is 1. The van der Waals surface area contributed by atoms with Gasteiger partial charge in [0.1, 0.15) is 27.9 Å². The Kier molecular flexibility index (Phi) is 9.53. The molecule has 12 nitrogen and oxygen atoms in total. The van der Waals surface area contributed by atoms with Gasteiger partial charge < -0.3 is 24.3 Å². The molecule has 3 aromatic rings. The van der Waals surface area contributed by atoms with Gasteiger partial charge >= 0.3 is 0 Å². The number of ether oxygens (including phenoxy) is 4. The minimum absolute atomic E-state index is 0.0295. The molecule has 0 radical (unpaired) electrons. The molecular formula is C35H41N5O7S. The van der Waals surface area contributed by atoms with E-state index in [4.69, 9.17) is 18.9 Å². The van der Waals surface area contributed by atoms with Crippen LogP contribution in [0, 0.1) is 11.3 Å². The Morgan fingerprint density at radius 2 is 1.56 bits per heavy atom. The van der Waals surface area contributed by atoms with Crippen molar-refractivity contribution in [1.29, 1.82) is 5.26 Å². The van der Waals surface area contributed by atoms with Crippen LogP contribution in [0.5, 0.6) is 23.0 Å². The van der Waals surface area contributed by atoms with E-state index >= 15 is 4.79 Å². The Balaban J connectivity index is 1.58. The van der Waals surface area contributed by atoms with E-state index in [1.807, 2.05) is 11.8 Å². The second-order valence-corrected chi connectivity index (χ2v) is 13.7. The number of benzene rings is 3. The molecule has 6 rings (SSSR count). The summed E-state index contributed by atoms with van der Waals surface area (Å²) in [4.78, 5) is 19.8. The van der Waals surface area contributed by atoms with Crippen LogP contribution in [0.3, 0.4) is 0 Å². The van der Waals surface area contributed by atoms with Gasteiger partial charge in [0, 0.05) is 49.4 Å². The number of carbonyl (C=O) groups is 1. The molecule has 3 aliphatic rings. The average molecular weight is 676 g/mol. The molecule has 0 bridgehead atoms. The topological polar surface area (TPSA) is 134 Å². The fourth-order valence-corrected chi connectivity index (χ4v) is 8.90. The zero-order valence-corrected chi connectivity index (χ0v) is 28.5. The summed E-state index contributed by atoms with van der Waals surface area (Å²) < 4.78 is 53.0. The van der Waals surface area contributed by atoms with Crippen LogP contribution < -0.4 is 28.6 Å². The predicted molar refractivity (Wildman–Crippen MR) is 179 cm³/mol. The third-order valence-corrected chi connectivity index (χ3v) is 11.3. The quantitative estimate of drug-likeness (QED) is 0.339. The molecule has 1 atom stereocenters. The van der Waals surface area contributed by atoms with Crippen LogP contribution in [0.2, 0.25) is 0 Å². The highest BCUT2D eigenvalue weighted by Gasteiger charge is 2.61. The molecule has 13 heteroatoms. The maximum absolute atomic E-state index is 15.5. The maximum Gasteiger partial charge on any atom is 0.274 e. The molecule has 1 amide bonds. The standard InChI is InChI=1S/C35H41N5O7S/c1-5-47-31-10-7-26(44-2)21-29(31)35(39-18-16-38(17-19-39)25-12-14-37-15-13-25)28-20-24(23-36)6-9-30(28)40(34(35)41)48(42,43)33-11-8-27(45-3)22-32(33)46-4/h6-11,20-22,25,37H,5,12-19H2,1-4H3. The van der Waals surface area contributed by atoms with Crippen LogP contribution in [0.15, 0.2) is 59.5 Å². The molecule has 1 unspecified atom stereocenters. The number of carbonyl (C=O) groups excluding carboxylic acids is 1. The Hall–Kier alpha value is -4.35. The summed E-state index contributed by atoms with van der Waals surface area (Å²) >= 11 is 0. The molecule has 3 aromatic carbocycles. The van der Waals surface area contributed by atoms with Gasteiger partial charge in [0.15, 0.2) is 5.54 Å². The maximum atomic E-state index is 15.5. The summed E-state index contributed by atoms with van der Waals surface area (Å²) in [6.45, 7) is 6.37. The molecule has 0 saturated carbocycles. The van der Waals surface area contributed by atoms with Gasteiger partial charge in [-0.3, -0.25) is 14.6 Å². The number of piperidine rings is 1. The van der Waals surface area contributed by atoms with Crippen molar-refractivity contribution in [1.82, 2.24) is 15.1 Å². The molecule has 1 N–H and O–H groups in total. The molecule has 0 aliphatic carbocycles. The number of fused-ring (bicyclic) bond motifs is 1. The lowest BCUT2D eigenvalue weighted by atomic mass is 9.80. The first-order chi connectivity index (χ1) is 23.2. The number of rotatable bonds is 10. The third-order valence-electron chi connectivity index (χ3n) is 9.61. The van der Waals surface area contributed by atoms with Gasteiger partial charge in [-0.05, 0) is 81.4 Å². The summed E-state index contributed by atoms with van der Waals surface area (Å²) in [7, 11) is -0.198. The van der Waals surface area contributed by atoms with Crippen molar-refractivity contribution in [3.63, 3.8) is 0 Å². The van der Waals surface area contributed by atoms with Crippen molar-refractivity contribution >= 4 is 21.6 Å². The fraction of sp³-hybridized carbons (Fsp3) is 0.429. The predicted octanol–water partition coefficient (Wildman–Crippen LogP) is 3.33. The molecule has 2 fully saturated rings. The lowest BCUT2D eigenvalue weighted by molar-refractivity contribution is -0.128. The largest absolute Gasteiger partial charge is 0.497 e. The Morgan fingerprint density at radius 3 is 2.21 bits per heavy atom. The Morgan fingerprint density at radius 1 is 0.875 bits per heavy atom. The van der Waals surface area contributed by atoms with Crippen molar-refractivity contribution < 1.29 is 32.2 Å². The van der Waals surface area contributed by atoms with E-state index in [1.54, 1.807) is 24.3 Å². The van der Waals surface area contributed by atoms with Crippen LogP contribution in [0.4, 0.5) is 5.69 Å². The zero-order valence-electron chi connectivity index (χ0n) is 27.7. The highest BCUT2D eigenvalue weighted by atomic mass is 32.2. The normalized spacial score (nSPS) is 20.6. The first-order valence-electron chi connectivity index (χ1n) is 16.1. The first-order valence-corrected chi connectivity index (χ1v) is 17.6. The Labute approximate surface area is 281 Å². The van der Waals surface area contributed by atoms with Crippen molar-refractivity contribution in [3.8, 4) is 29.1 Å². The second-order valence-electron chi connectivity index (χ2n) is 11.9. The third kappa shape index (κ3) is 5.52. The molecule has 0 spiro atoms. The van der Waals surface area contributed by atoms with Gasteiger partial charge in [0.25, 0.3) is 15.9 Å². The SMILES string of the molecule is CCOc1ccc(OC)cc1C1(N2CCN(C3CCNCC3)CC2)C(=O)N(S(=O)(=O)c2ccc(OC)cc2OC)c2ccc(C#N)cc21. The number of nitrogens with zero attached hydrogens (tertiary/aromatic N) is 4. The van der Waals surface area contributed by atoms with E-state index in [0.717, 1.165) is 30.2 Å². The number of amides is 1. The average Bonchev–Trinajstić information content (AvgIpc) is 3.40. The van der Waals surface area contributed by atoms with E-state index in [2.05, 4.69) is 16.3 Å². The highest BCUT2D eigenvalue weighted by molar-refractivity contribution is 7.93.